The van der Waals surface area contributed by atoms with Crippen LogP contribution in [0.1, 0.15) is 53.4 Å². The van der Waals surface area contributed by atoms with Crippen molar-refractivity contribution < 1.29 is 0 Å². The summed E-state index contributed by atoms with van der Waals surface area (Å²) in [5.41, 5.74) is 12.2. The summed E-state index contributed by atoms with van der Waals surface area (Å²) in [6.07, 6.45) is 4.50. The third kappa shape index (κ3) is 6.05. The molecule has 0 saturated heterocycles. The van der Waals surface area contributed by atoms with Gasteiger partial charge in [-0.1, -0.05) is 40.5 Å². The molecule has 0 aromatic heterocycles. The van der Waals surface area contributed by atoms with Crippen molar-refractivity contribution in [2.45, 2.75) is 65.5 Å². The van der Waals surface area contributed by atoms with Crippen molar-refractivity contribution in [1.82, 2.24) is 0 Å². The van der Waals surface area contributed by atoms with Crippen LogP contribution in [0.2, 0.25) is 0 Å². The van der Waals surface area contributed by atoms with Crippen molar-refractivity contribution in [1.29, 1.82) is 0 Å². The van der Waals surface area contributed by atoms with Crippen molar-refractivity contribution >= 4 is 0 Å². The Bertz CT molecular complexity index is 127. The smallest absolute Gasteiger partial charge is 0.0102 e. The minimum atomic E-state index is 0.184. The molecule has 0 saturated carbocycles. The van der Waals surface area contributed by atoms with E-state index >= 15 is 0 Å². The highest BCUT2D eigenvalue weighted by molar-refractivity contribution is 4.80. The van der Waals surface area contributed by atoms with Gasteiger partial charge in [0.2, 0.25) is 0 Å². The molecule has 0 amide bonds. The highest BCUT2D eigenvalue weighted by atomic mass is 14.7. The minimum absolute atomic E-state index is 0.184. The fourth-order valence-corrected chi connectivity index (χ4v) is 1.26. The third-order valence-electron chi connectivity index (χ3n) is 2.60. The van der Waals surface area contributed by atoms with Gasteiger partial charge in [-0.05, 0) is 18.3 Å². The van der Waals surface area contributed by atoms with Gasteiger partial charge in [0.15, 0.2) is 0 Å². The highest BCUT2D eigenvalue weighted by Gasteiger charge is 2.22. The first-order valence-electron chi connectivity index (χ1n) is 5.39. The van der Waals surface area contributed by atoms with Crippen LogP contribution in [0.5, 0.6) is 0 Å². The van der Waals surface area contributed by atoms with E-state index in [-0.39, 0.29) is 17.5 Å². The molecular weight excluding hydrogens is 160 g/mol. The summed E-state index contributed by atoms with van der Waals surface area (Å²) in [5.74, 6) is 0. The molecule has 2 nitrogen and oxygen atoms in total. The van der Waals surface area contributed by atoms with E-state index in [1.165, 1.54) is 12.8 Å². The van der Waals surface area contributed by atoms with E-state index in [0.717, 1.165) is 12.8 Å². The van der Waals surface area contributed by atoms with Crippen LogP contribution in [-0.4, -0.2) is 12.1 Å². The first-order valence-corrected chi connectivity index (χ1v) is 5.39. The minimum Gasteiger partial charge on any atom is -0.328 e. The highest BCUT2D eigenvalue weighted by Crippen LogP contribution is 2.21. The zero-order valence-corrected chi connectivity index (χ0v) is 9.64. The zero-order chi connectivity index (χ0) is 10.5. The molecule has 0 heterocycles. The maximum Gasteiger partial charge on any atom is 0.0102 e. The Labute approximate surface area is 83.1 Å². The van der Waals surface area contributed by atoms with E-state index < -0.39 is 0 Å². The SMILES string of the molecule is CCCCC(N)CC(N)C(C)(C)C. The van der Waals surface area contributed by atoms with Gasteiger partial charge in [-0.25, -0.2) is 0 Å². The van der Waals surface area contributed by atoms with E-state index in [1.54, 1.807) is 0 Å². The molecule has 0 aliphatic carbocycles. The van der Waals surface area contributed by atoms with E-state index in [4.69, 9.17) is 11.5 Å². The van der Waals surface area contributed by atoms with Gasteiger partial charge in [0.25, 0.3) is 0 Å². The summed E-state index contributed by atoms with van der Waals surface area (Å²) in [7, 11) is 0. The number of hydrogen-bond donors (Lipinski definition) is 2. The van der Waals surface area contributed by atoms with Gasteiger partial charge in [0.05, 0.1) is 0 Å². The lowest BCUT2D eigenvalue weighted by molar-refractivity contribution is 0.286. The molecular formula is C11H26N2. The molecule has 0 aromatic carbocycles. The summed E-state index contributed by atoms with van der Waals surface area (Å²) in [6.45, 7) is 8.70. The van der Waals surface area contributed by atoms with Crippen LogP contribution in [0.15, 0.2) is 0 Å². The van der Waals surface area contributed by atoms with E-state index in [2.05, 4.69) is 27.7 Å². The first-order chi connectivity index (χ1) is 5.88. The van der Waals surface area contributed by atoms with Gasteiger partial charge in [-0.2, -0.15) is 0 Å². The molecule has 0 rings (SSSR count). The fourth-order valence-electron chi connectivity index (χ4n) is 1.26. The number of nitrogens with two attached hydrogens (primary N) is 2. The lowest BCUT2D eigenvalue weighted by Crippen LogP contribution is -2.40. The standard InChI is InChI=1S/C11H26N2/c1-5-6-7-9(12)8-10(13)11(2,3)4/h9-10H,5-8,12-13H2,1-4H3. The molecule has 13 heavy (non-hydrogen) atoms. The maximum atomic E-state index is 6.04. The van der Waals surface area contributed by atoms with E-state index in [1.807, 2.05) is 0 Å². The van der Waals surface area contributed by atoms with Crippen molar-refractivity contribution in [3.05, 3.63) is 0 Å². The number of unbranched alkanes of at least 4 members (excludes halogenated alkanes) is 1. The van der Waals surface area contributed by atoms with Crippen LogP contribution in [0.4, 0.5) is 0 Å². The normalized spacial score (nSPS) is 17.1. The van der Waals surface area contributed by atoms with Gasteiger partial charge in [-0.3, -0.25) is 0 Å². The van der Waals surface area contributed by atoms with Crippen molar-refractivity contribution in [3.8, 4) is 0 Å². The molecule has 0 aliphatic rings. The Morgan fingerprint density at radius 2 is 1.69 bits per heavy atom. The molecule has 2 atom stereocenters. The van der Waals surface area contributed by atoms with Crippen LogP contribution >= 0.6 is 0 Å². The second-order valence-electron chi connectivity index (χ2n) is 5.11. The molecule has 0 spiro atoms. The summed E-state index contributed by atoms with van der Waals surface area (Å²) in [5, 5.41) is 0. The largest absolute Gasteiger partial charge is 0.328 e. The molecule has 0 bridgehead atoms. The third-order valence-corrected chi connectivity index (χ3v) is 2.60. The van der Waals surface area contributed by atoms with Crippen LogP contribution < -0.4 is 11.5 Å². The lowest BCUT2D eigenvalue weighted by Gasteiger charge is -2.29. The monoisotopic (exact) mass is 186 g/mol. The van der Waals surface area contributed by atoms with Crippen LogP contribution in [-0.2, 0) is 0 Å². The molecule has 0 radical (unpaired) electrons. The number of hydrogen-bond acceptors (Lipinski definition) is 2. The fraction of sp³-hybridized carbons (Fsp3) is 1.00. The average molecular weight is 186 g/mol. The Kier molecular flexibility index (Phi) is 5.57. The Balaban J connectivity index is 3.71. The molecule has 0 aliphatic heterocycles. The zero-order valence-electron chi connectivity index (χ0n) is 9.64. The quantitative estimate of drug-likeness (QED) is 0.692. The Morgan fingerprint density at radius 3 is 2.08 bits per heavy atom. The second-order valence-corrected chi connectivity index (χ2v) is 5.11. The number of rotatable bonds is 5. The maximum absolute atomic E-state index is 6.04. The van der Waals surface area contributed by atoms with Gasteiger partial charge >= 0.3 is 0 Å². The summed E-state index contributed by atoms with van der Waals surface area (Å²) in [4.78, 5) is 0. The molecule has 80 valence electrons. The van der Waals surface area contributed by atoms with Gasteiger partial charge in [-0.15, -0.1) is 0 Å². The summed E-state index contributed by atoms with van der Waals surface area (Å²) in [6, 6.07) is 0.508. The predicted molar refractivity (Wildman–Crippen MR) is 59.5 cm³/mol. The van der Waals surface area contributed by atoms with Crippen LogP contribution in [0, 0.1) is 5.41 Å². The Hall–Kier alpha value is -0.0800. The van der Waals surface area contributed by atoms with Crippen LogP contribution in [0.3, 0.4) is 0 Å². The average Bonchev–Trinajstić information content (AvgIpc) is 1.99. The van der Waals surface area contributed by atoms with Crippen molar-refractivity contribution in [2.75, 3.05) is 0 Å². The Morgan fingerprint density at radius 1 is 1.15 bits per heavy atom. The summed E-state index contributed by atoms with van der Waals surface area (Å²) >= 11 is 0. The first kappa shape index (κ1) is 12.9. The summed E-state index contributed by atoms with van der Waals surface area (Å²) < 4.78 is 0. The lowest BCUT2D eigenvalue weighted by atomic mass is 9.83. The molecule has 0 fully saturated rings. The van der Waals surface area contributed by atoms with E-state index in [0.29, 0.717) is 0 Å². The topological polar surface area (TPSA) is 52.0 Å². The molecule has 2 heteroatoms. The van der Waals surface area contributed by atoms with Crippen molar-refractivity contribution in [2.24, 2.45) is 16.9 Å². The molecule has 0 aromatic rings. The van der Waals surface area contributed by atoms with Gasteiger partial charge in [0, 0.05) is 12.1 Å². The molecule has 4 N–H and O–H groups in total. The predicted octanol–water partition coefficient (Wildman–Crippen LogP) is 2.27. The van der Waals surface area contributed by atoms with E-state index in [9.17, 15) is 0 Å². The van der Waals surface area contributed by atoms with Crippen LogP contribution in [0.25, 0.3) is 0 Å². The van der Waals surface area contributed by atoms with Gasteiger partial charge in [0.1, 0.15) is 0 Å². The van der Waals surface area contributed by atoms with Gasteiger partial charge < -0.3 is 11.5 Å². The molecule has 2 unspecified atom stereocenters. The second kappa shape index (κ2) is 5.61. The van der Waals surface area contributed by atoms with Crippen molar-refractivity contribution in [3.63, 3.8) is 0 Å².